The van der Waals surface area contributed by atoms with Crippen LogP contribution in [-0.2, 0) is 6.42 Å². The van der Waals surface area contributed by atoms with Crippen LogP contribution in [0, 0.1) is 0 Å². The van der Waals surface area contributed by atoms with Gasteiger partial charge in [0, 0.05) is 44.1 Å². The van der Waals surface area contributed by atoms with Crippen LogP contribution in [0.25, 0.3) is 0 Å². The van der Waals surface area contributed by atoms with Crippen LogP contribution in [0.4, 0.5) is 0 Å². The first-order chi connectivity index (χ1) is 15.3. The average Bonchev–Trinajstić information content (AvgIpc) is 2.78. The number of benzene rings is 4. The molecule has 4 aromatic rings. The highest BCUT2D eigenvalue weighted by atomic mass is 35.5. The van der Waals surface area contributed by atoms with Crippen LogP contribution in [0.15, 0.2) is 78.9 Å². The lowest BCUT2D eigenvalue weighted by molar-refractivity contribution is 0.456. The largest absolute Gasteiger partial charge is 0.508 e. The molecule has 0 bridgehead atoms. The number of phenolic OH excluding ortho intramolecular Hbond substituents is 3. The Morgan fingerprint density at radius 3 is 1.72 bits per heavy atom. The number of hydrogen-bond acceptors (Lipinski definition) is 3. The second-order valence-electron chi connectivity index (χ2n) is 7.46. The molecule has 0 fully saturated rings. The van der Waals surface area contributed by atoms with Gasteiger partial charge in [0.05, 0.1) is 0 Å². The van der Waals surface area contributed by atoms with Crippen LogP contribution in [0.5, 0.6) is 17.2 Å². The molecular formula is C26H19Cl3O3. The lowest BCUT2D eigenvalue weighted by Crippen LogP contribution is -2.09. The third-order valence-corrected chi connectivity index (χ3v) is 6.19. The summed E-state index contributed by atoms with van der Waals surface area (Å²) in [6.45, 7) is 0. The molecule has 0 atom stereocenters. The van der Waals surface area contributed by atoms with E-state index in [0.29, 0.717) is 43.7 Å². The van der Waals surface area contributed by atoms with E-state index in [0.717, 1.165) is 5.56 Å². The van der Waals surface area contributed by atoms with Crippen LogP contribution in [0.2, 0.25) is 15.1 Å². The van der Waals surface area contributed by atoms with E-state index in [2.05, 4.69) is 0 Å². The average molecular weight is 486 g/mol. The van der Waals surface area contributed by atoms with Crippen molar-refractivity contribution in [1.29, 1.82) is 0 Å². The van der Waals surface area contributed by atoms with Gasteiger partial charge in [-0.3, -0.25) is 0 Å². The van der Waals surface area contributed by atoms with Gasteiger partial charge in [-0.2, -0.15) is 0 Å². The van der Waals surface area contributed by atoms with E-state index >= 15 is 0 Å². The molecule has 4 rings (SSSR count). The van der Waals surface area contributed by atoms with Crippen molar-refractivity contribution in [2.75, 3.05) is 0 Å². The predicted molar refractivity (Wildman–Crippen MR) is 130 cm³/mol. The molecule has 0 aliphatic carbocycles. The van der Waals surface area contributed by atoms with Crippen molar-refractivity contribution >= 4 is 34.8 Å². The summed E-state index contributed by atoms with van der Waals surface area (Å²) in [6.07, 6.45) is 0.391. The Labute approximate surface area is 201 Å². The normalized spacial score (nSPS) is 11.1. The standard InChI is InChI=1S/C26H19Cl3O3/c27-16-6-9-22(30)19(13-16)25(20-14-17(28)7-10-23(20)31)26-18(24(32)11-8-21(26)29)12-15-4-2-1-3-5-15/h1-11,13-14,25,30-32H,12H2. The van der Waals surface area contributed by atoms with Crippen LogP contribution >= 0.6 is 34.8 Å². The highest BCUT2D eigenvalue weighted by Gasteiger charge is 2.29. The molecular weight excluding hydrogens is 467 g/mol. The van der Waals surface area contributed by atoms with Crippen molar-refractivity contribution in [2.45, 2.75) is 12.3 Å². The van der Waals surface area contributed by atoms with E-state index < -0.39 is 5.92 Å². The molecule has 0 aliphatic heterocycles. The van der Waals surface area contributed by atoms with E-state index in [9.17, 15) is 15.3 Å². The van der Waals surface area contributed by atoms with Gasteiger partial charge in [0.1, 0.15) is 17.2 Å². The minimum absolute atomic E-state index is 0.0242. The van der Waals surface area contributed by atoms with Gasteiger partial charge in [-0.25, -0.2) is 0 Å². The van der Waals surface area contributed by atoms with E-state index in [4.69, 9.17) is 34.8 Å². The Morgan fingerprint density at radius 2 is 1.16 bits per heavy atom. The van der Waals surface area contributed by atoms with E-state index in [1.54, 1.807) is 30.3 Å². The summed E-state index contributed by atoms with van der Waals surface area (Å²) in [5.41, 5.74) is 2.95. The first-order valence-corrected chi connectivity index (χ1v) is 11.0. The predicted octanol–water partition coefficient (Wildman–Crippen LogP) is 7.53. The Hall–Kier alpha value is -2.85. The maximum Gasteiger partial charge on any atom is 0.119 e. The lowest BCUT2D eigenvalue weighted by atomic mass is 9.80. The molecule has 0 amide bonds. The number of halogens is 3. The van der Waals surface area contributed by atoms with Crippen molar-refractivity contribution < 1.29 is 15.3 Å². The molecule has 0 aromatic heterocycles. The van der Waals surface area contributed by atoms with Crippen LogP contribution in [-0.4, -0.2) is 15.3 Å². The zero-order valence-corrected chi connectivity index (χ0v) is 19.0. The van der Waals surface area contributed by atoms with Crippen molar-refractivity contribution in [1.82, 2.24) is 0 Å². The number of hydrogen-bond donors (Lipinski definition) is 3. The molecule has 3 N–H and O–H groups in total. The van der Waals surface area contributed by atoms with Gasteiger partial charge in [0.15, 0.2) is 0 Å². The molecule has 0 saturated carbocycles. The third-order valence-electron chi connectivity index (χ3n) is 5.39. The maximum absolute atomic E-state index is 10.8. The highest BCUT2D eigenvalue weighted by Crippen LogP contribution is 2.47. The minimum Gasteiger partial charge on any atom is -0.508 e. The maximum atomic E-state index is 10.8. The second-order valence-corrected chi connectivity index (χ2v) is 8.74. The number of rotatable bonds is 5. The van der Waals surface area contributed by atoms with Gasteiger partial charge in [0.2, 0.25) is 0 Å². The Bertz CT molecular complexity index is 1220. The summed E-state index contributed by atoms with van der Waals surface area (Å²) in [5.74, 6) is -0.736. The Morgan fingerprint density at radius 1 is 0.625 bits per heavy atom. The summed E-state index contributed by atoms with van der Waals surface area (Å²) in [7, 11) is 0. The summed E-state index contributed by atoms with van der Waals surface area (Å²) >= 11 is 19.2. The van der Waals surface area contributed by atoms with Crippen LogP contribution in [0.3, 0.4) is 0 Å². The van der Waals surface area contributed by atoms with E-state index in [1.807, 2.05) is 30.3 Å². The SMILES string of the molecule is Oc1ccc(Cl)cc1C(c1cc(Cl)ccc1O)c1c(Cl)ccc(O)c1Cc1ccccc1. The molecule has 0 unspecified atom stereocenters. The van der Waals surface area contributed by atoms with E-state index in [1.165, 1.54) is 18.2 Å². The Kier molecular flexibility index (Phi) is 6.52. The molecule has 32 heavy (non-hydrogen) atoms. The molecule has 4 aromatic carbocycles. The number of aromatic hydroxyl groups is 3. The van der Waals surface area contributed by atoms with Gasteiger partial charge in [-0.15, -0.1) is 0 Å². The number of phenols is 3. The van der Waals surface area contributed by atoms with Gasteiger partial charge in [-0.1, -0.05) is 65.1 Å². The fraction of sp³-hybridized carbons (Fsp3) is 0.0769. The van der Waals surface area contributed by atoms with Crippen molar-refractivity contribution in [3.05, 3.63) is 122 Å². The topological polar surface area (TPSA) is 60.7 Å². The first-order valence-electron chi connectivity index (χ1n) is 9.86. The second kappa shape index (κ2) is 9.33. The summed E-state index contributed by atoms with van der Waals surface area (Å²) < 4.78 is 0. The molecule has 6 heteroatoms. The zero-order chi connectivity index (χ0) is 22.8. The molecule has 0 radical (unpaired) electrons. The summed E-state index contributed by atoms with van der Waals surface area (Å²) in [4.78, 5) is 0. The molecule has 0 spiro atoms. The fourth-order valence-electron chi connectivity index (χ4n) is 3.91. The van der Waals surface area contributed by atoms with E-state index in [-0.39, 0.29) is 17.2 Å². The molecule has 0 heterocycles. The smallest absolute Gasteiger partial charge is 0.119 e. The Balaban J connectivity index is 2.03. The molecule has 3 nitrogen and oxygen atoms in total. The van der Waals surface area contributed by atoms with Gasteiger partial charge >= 0.3 is 0 Å². The third kappa shape index (κ3) is 4.51. The molecule has 0 saturated heterocycles. The quantitative estimate of drug-likeness (QED) is 0.256. The fourth-order valence-corrected chi connectivity index (χ4v) is 4.56. The zero-order valence-electron chi connectivity index (χ0n) is 16.8. The van der Waals surface area contributed by atoms with Gasteiger partial charge in [0.25, 0.3) is 0 Å². The first kappa shape index (κ1) is 22.3. The molecule has 0 aliphatic rings. The lowest BCUT2D eigenvalue weighted by Gasteiger charge is -2.25. The van der Waals surface area contributed by atoms with Crippen LogP contribution in [0.1, 0.15) is 33.7 Å². The van der Waals surface area contributed by atoms with Crippen LogP contribution < -0.4 is 0 Å². The van der Waals surface area contributed by atoms with Crippen molar-refractivity contribution in [2.24, 2.45) is 0 Å². The monoisotopic (exact) mass is 484 g/mol. The minimum atomic E-state index is -0.745. The van der Waals surface area contributed by atoms with Gasteiger partial charge < -0.3 is 15.3 Å². The highest BCUT2D eigenvalue weighted by molar-refractivity contribution is 6.32. The van der Waals surface area contributed by atoms with Crippen molar-refractivity contribution in [3.63, 3.8) is 0 Å². The summed E-state index contributed by atoms with van der Waals surface area (Å²) in [5, 5.41) is 33.5. The van der Waals surface area contributed by atoms with Gasteiger partial charge in [-0.05, 0) is 59.7 Å². The molecule has 162 valence electrons. The van der Waals surface area contributed by atoms with Crippen molar-refractivity contribution in [3.8, 4) is 17.2 Å². The summed E-state index contributed by atoms with van der Waals surface area (Å²) in [6, 6.07) is 22.1.